The Bertz CT molecular complexity index is 162. The van der Waals surface area contributed by atoms with Crippen molar-refractivity contribution < 1.29 is 4.79 Å². The number of carbonyl (C=O) groups excluding carboxylic acids is 1. The summed E-state index contributed by atoms with van der Waals surface area (Å²) in [5, 5.41) is 0. The van der Waals surface area contributed by atoms with Gasteiger partial charge in [0.25, 0.3) is 0 Å². The summed E-state index contributed by atoms with van der Waals surface area (Å²) in [5.74, 6) is 0.169. The summed E-state index contributed by atoms with van der Waals surface area (Å²) >= 11 is 0. The molecule has 0 saturated heterocycles. The van der Waals surface area contributed by atoms with E-state index in [0.29, 0.717) is 13.1 Å². The van der Waals surface area contributed by atoms with Crippen LogP contribution in [0.3, 0.4) is 0 Å². The van der Waals surface area contributed by atoms with Gasteiger partial charge < -0.3 is 4.90 Å². The van der Waals surface area contributed by atoms with Crippen LogP contribution >= 0.6 is 0 Å². The number of hydrogen-bond acceptors (Lipinski definition) is 2. The summed E-state index contributed by atoms with van der Waals surface area (Å²) in [6.07, 6.45) is 0.497. The minimum atomic E-state index is 0.169. The van der Waals surface area contributed by atoms with Gasteiger partial charge in [-0.2, -0.15) is 0 Å². The van der Waals surface area contributed by atoms with Gasteiger partial charge in [-0.1, -0.05) is 0 Å². The summed E-state index contributed by atoms with van der Waals surface area (Å²) in [7, 11) is 1.76. The maximum atomic E-state index is 10.8. The van der Waals surface area contributed by atoms with E-state index < -0.39 is 0 Å². The van der Waals surface area contributed by atoms with Crippen LogP contribution < -0.4 is 0 Å². The van der Waals surface area contributed by atoms with Crippen LogP contribution in [0.15, 0.2) is 4.99 Å². The van der Waals surface area contributed by atoms with Gasteiger partial charge in [-0.25, -0.2) is 0 Å². The Kier molecular flexibility index (Phi) is 1.51. The zero-order valence-electron chi connectivity index (χ0n) is 5.72. The highest BCUT2D eigenvalue weighted by Crippen LogP contribution is 2.00. The Morgan fingerprint density at radius 1 is 1.67 bits per heavy atom. The van der Waals surface area contributed by atoms with Crippen LogP contribution in [0, 0.1) is 0 Å². The molecule has 0 aromatic carbocycles. The number of nitrogens with zero attached hydrogens (tertiary/aromatic N) is 2. The Morgan fingerprint density at radius 2 is 2.33 bits per heavy atom. The Balaban J connectivity index is 2.65. The van der Waals surface area contributed by atoms with E-state index in [9.17, 15) is 4.79 Å². The summed E-state index contributed by atoms with van der Waals surface area (Å²) in [6, 6.07) is 0. The Hall–Kier alpha value is -0.860. The molecule has 0 atom stereocenters. The van der Waals surface area contributed by atoms with Gasteiger partial charge in [0.2, 0.25) is 5.91 Å². The van der Waals surface area contributed by atoms with Gasteiger partial charge in [0.1, 0.15) is 6.67 Å². The SMILES string of the molecule is CC1=NCN(C)C(=O)C1. The molecule has 9 heavy (non-hydrogen) atoms. The quantitative estimate of drug-likeness (QED) is 0.458. The lowest BCUT2D eigenvalue weighted by Gasteiger charge is -2.19. The van der Waals surface area contributed by atoms with Crippen LogP contribution in [0.5, 0.6) is 0 Å². The zero-order chi connectivity index (χ0) is 6.85. The number of amides is 1. The van der Waals surface area contributed by atoms with Gasteiger partial charge in [-0.05, 0) is 6.92 Å². The van der Waals surface area contributed by atoms with Crippen molar-refractivity contribution in [1.82, 2.24) is 4.90 Å². The predicted octanol–water partition coefficient (Wildman–Crippen LogP) is 0.267. The zero-order valence-corrected chi connectivity index (χ0v) is 5.72. The molecule has 0 bridgehead atoms. The molecule has 1 amide bonds. The minimum Gasteiger partial charge on any atom is -0.326 e. The molecule has 3 nitrogen and oxygen atoms in total. The van der Waals surface area contributed by atoms with Crippen LogP contribution in [0.4, 0.5) is 0 Å². The van der Waals surface area contributed by atoms with E-state index in [1.807, 2.05) is 6.92 Å². The van der Waals surface area contributed by atoms with E-state index in [2.05, 4.69) is 4.99 Å². The second-order valence-corrected chi connectivity index (χ2v) is 2.30. The van der Waals surface area contributed by atoms with E-state index in [1.165, 1.54) is 0 Å². The molecule has 1 heterocycles. The van der Waals surface area contributed by atoms with Crippen molar-refractivity contribution in [3.63, 3.8) is 0 Å². The highest BCUT2D eigenvalue weighted by Gasteiger charge is 2.13. The highest BCUT2D eigenvalue weighted by atomic mass is 16.2. The largest absolute Gasteiger partial charge is 0.326 e. The van der Waals surface area contributed by atoms with Gasteiger partial charge >= 0.3 is 0 Å². The first-order valence-corrected chi connectivity index (χ1v) is 2.94. The van der Waals surface area contributed by atoms with Crippen molar-refractivity contribution in [2.24, 2.45) is 4.99 Å². The van der Waals surface area contributed by atoms with Gasteiger partial charge in [0.05, 0.1) is 6.42 Å². The van der Waals surface area contributed by atoms with Gasteiger partial charge in [0, 0.05) is 12.8 Å². The van der Waals surface area contributed by atoms with Gasteiger partial charge in [0.15, 0.2) is 0 Å². The lowest BCUT2D eigenvalue weighted by atomic mass is 10.2. The fraction of sp³-hybridized carbons (Fsp3) is 0.667. The van der Waals surface area contributed by atoms with Crippen molar-refractivity contribution in [3.05, 3.63) is 0 Å². The average Bonchev–Trinajstić information content (AvgIpc) is 1.80. The molecule has 3 heteroatoms. The molecule has 1 rings (SSSR count). The molecule has 0 N–H and O–H groups in total. The van der Waals surface area contributed by atoms with Crippen LogP contribution in [-0.2, 0) is 4.79 Å². The predicted molar refractivity (Wildman–Crippen MR) is 35.4 cm³/mol. The monoisotopic (exact) mass is 126 g/mol. The van der Waals surface area contributed by atoms with E-state index in [0.717, 1.165) is 5.71 Å². The number of hydrogen-bond donors (Lipinski definition) is 0. The minimum absolute atomic E-state index is 0.169. The average molecular weight is 126 g/mol. The van der Waals surface area contributed by atoms with Crippen LogP contribution in [0.2, 0.25) is 0 Å². The topological polar surface area (TPSA) is 32.7 Å². The highest BCUT2D eigenvalue weighted by molar-refractivity contribution is 6.01. The third-order valence-electron chi connectivity index (χ3n) is 1.39. The molecule has 1 aliphatic rings. The summed E-state index contributed by atoms with van der Waals surface area (Å²) < 4.78 is 0. The van der Waals surface area contributed by atoms with Crippen molar-refractivity contribution >= 4 is 11.6 Å². The standard InChI is InChI=1S/C6H10N2O/c1-5-3-6(9)8(2)4-7-5/h3-4H2,1-2H3. The number of carbonyl (C=O) groups is 1. The van der Waals surface area contributed by atoms with Crippen molar-refractivity contribution in [3.8, 4) is 0 Å². The number of aliphatic imine (C=N–C) groups is 1. The molecule has 0 spiro atoms. The molecule has 0 saturated carbocycles. The molecular weight excluding hydrogens is 116 g/mol. The van der Waals surface area contributed by atoms with Crippen molar-refractivity contribution in [1.29, 1.82) is 0 Å². The molecule has 0 radical (unpaired) electrons. The summed E-state index contributed by atoms with van der Waals surface area (Å²) in [6.45, 7) is 2.41. The van der Waals surface area contributed by atoms with E-state index in [1.54, 1.807) is 11.9 Å². The second-order valence-electron chi connectivity index (χ2n) is 2.30. The third-order valence-corrected chi connectivity index (χ3v) is 1.39. The summed E-state index contributed by atoms with van der Waals surface area (Å²) in [4.78, 5) is 16.6. The van der Waals surface area contributed by atoms with Gasteiger partial charge in [-0.15, -0.1) is 0 Å². The molecule has 1 aliphatic heterocycles. The first-order valence-electron chi connectivity index (χ1n) is 2.94. The fourth-order valence-electron chi connectivity index (χ4n) is 0.715. The molecule has 0 aromatic heterocycles. The first-order chi connectivity index (χ1) is 4.20. The first kappa shape index (κ1) is 6.26. The van der Waals surface area contributed by atoms with E-state index >= 15 is 0 Å². The van der Waals surface area contributed by atoms with Crippen molar-refractivity contribution in [2.75, 3.05) is 13.7 Å². The molecule has 50 valence electrons. The van der Waals surface area contributed by atoms with Crippen LogP contribution in [-0.4, -0.2) is 30.2 Å². The lowest BCUT2D eigenvalue weighted by Crippen LogP contribution is -2.32. The van der Waals surface area contributed by atoms with Crippen molar-refractivity contribution in [2.45, 2.75) is 13.3 Å². The fourth-order valence-corrected chi connectivity index (χ4v) is 0.715. The normalized spacial score (nSPS) is 20.0. The van der Waals surface area contributed by atoms with Crippen LogP contribution in [0.1, 0.15) is 13.3 Å². The Labute approximate surface area is 54.4 Å². The maximum absolute atomic E-state index is 10.8. The summed E-state index contributed by atoms with van der Waals surface area (Å²) in [5.41, 5.74) is 0.943. The van der Waals surface area contributed by atoms with E-state index in [-0.39, 0.29) is 5.91 Å². The molecule has 0 aromatic rings. The molecule has 0 aliphatic carbocycles. The smallest absolute Gasteiger partial charge is 0.229 e. The third kappa shape index (κ3) is 1.28. The molecular formula is C6H10N2O. The maximum Gasteiger partial charge on any atom is 0.229 e. The molecule has 0 unspecified atom stereocenters. The Morgan fingerprint density at radius 3 is 2.78 bits per heavy atom. The van der Waals surface area contributed by atoms with Gasteiger partial charge in [-0.3, -0.25) is 9.79 Å². The number of rotatable bonds is 0. The van der Waals surface area contributed by atoms with E-state index in [4.69, 9.17) is 0 Å². The second kappa shape index (κ2) is 2.17. The lowest BCUT2D eigenvalue weighted by molar-refractivity contribution is -0.128. The molecule has 0 fully saturated rings. The van der Waals surface area contributed by atoms with Crippen LogP contribution in [0.25, 0.3) is 0 Å².